The van der Waals surface area contributed by atoms with Gasteiger partial charge in [-0.1, -0.05) is 35.7 Å². The second-order valence-corrected chi connectivity index (χ2v) is 7.46. The van der Waals surface area contributed by atoms with Gasteiger partial charge in [-0.05, 0) is 31.2 Å². The Balaban J connectivity index is 2.04. The Kier molecular flexibility index (Phi) is 4.73. The van der Waals surface area contributed by atoms with Gasteiger partial charge in [0.1, 0.15) is 6.33 Å². The standard InChI is InChI=1S/C23H19ClN4O/c1-5-15-10-11-19-17(12-15)20(16-8-6-7-9-18(16)24)26-14(2)22-21(23(29)27(3)4)25-13-28(19)22/h1,6-14H,2-4H3/t14-/m1/s1. The van der Waals surface area contributed by atoms with Crippen LogP contribution < -0.4 is 0 Å². The molecule has 1 aliphatic rings. The third-order valence-corrected chi connectivity index (χ3v) is 5.27. The van der Waals surface area contributed by atoms with E-state index < -0.39 is 0 Å². The number of terminal acetylenes is 1. The molecule has 0 saturated heterocycles. The minimum atomic E-state index is -0.315. The van der Waals surface area contributed by atoms with E-state index in [1.807, 2.05) is 54.0 Å². The number of halogens is 1. The Bertz CT molecular complexity index is 1200. The Hall–Kier alpha value is -3.36. The highest BCUT2D eigenvalue weighted by Gasteiger charge is 2.29. The van der Waals surface area contributed by atoms with Gasteiger partial charge in [0.05, 0.1) is 23.1 Å². The van der Waals surface area contributed by atoms with Crippen LogP contribution in [0, 0.1) is 12.3 Å². The molecule has 29 heavy (non-hydrogen) atoms. The van der Waals surface area contributed by atoms with Crippen molar-refractivity contribution in [2.75, 3.05) is 14.1 Å². The maximum absolute atomic E-state index is 12.7. The highest BCUT2D eigenvalue weighted by Crippen LogP contribution is 2.34. The third-order valence-electron chi connectivity index (χ3n) is 4.94. The summed E-state index contributed by atoms with van der Waals surface area (Å²) in [5, 5.41) is 0.602. The second-order valence-electron chi connectivity index (χ2n) is 7.06. The average Bonchev–Trinajstić information content (AvgIpc) is 3.11. The molecule has 6 heteroatoms. The van der Waals surface area contributed by atoms with Crippen molar-refractivity contribution in [1.82, 2.24) is 14.5 Å². The number of fused-ring (bicyclic) bond motifs is 3. The predicted molar refractivity (Wildman–Crippen MR) is 115 cm³/mol. The normalized spacial score (nSPS) is 14.9. The number of aromatic nitrogens is 2. The summed E-state index contributed by atoms with van der Waals surface area (Å²) in [7, 11) is 3.42. The van der Waals surface area contributed by atoms with Crippen molar-refractivity contribution >= 4 is 23.2 Å². The lowest BCUT2D eigenvalue weighted by Crippen LogP contribution is -2.24. The molecule has 4 rings (SSSR count). The van der Waals surface area contributed by atoms with E-state index in [0.717, 1.165) is 33.8 Å². The Morgan fingerprint density at radius 2 is 1.97 bits per heavy atom. The topological polar surface area (TPSA) is 50.5 Å². The summed E-state index contributed by atoms with van der Waals surface area (Å²) in [5.41, 5.74) is 5.12. The Morgan fingerprint density at radius 3 is 2.66 bits per heavy atom. The molecule has 0 unspecified atom stereocenters. The predicted octanol–water partition coefficient (Wildman–Crippen LogP) is 4.12. The Morgan fingerprint density at radius 1 is 1.21 bits per heavy atom. The summed E-state index contributed by atoms with van der Waals surface area (Å²) in [4.78, 5) is 23.6. The van der Waals surface area contributed by atoms with Gasteiger partial charge in [-0.3, -0.25) is 14.4 Å². The van der Waals surface area contributed by atoms with Crippen LogP contribution in [-0.2, 0) is 0 Å². The molecule has 0 radical (unpaired) electrons. The van der Waals surface area contributed by atoms with Crippen LogP contribution in [0.4, 0.5) is 0 Å². The minimum Gasteiger partial charge on any atom is -0.343 e. The molecule has 1 aliphatic heterocycles. The monoisotopic (exact) mass is 402 g/mol. The van der Waals surface area contributed by atoms with E-state index >= 15 is 0 Å². The van der Waals surface area contributed by atoms with Gasteiger partial charge in [-0.25, -0.2) is 4.98 Å². The van der Waals surface area contributed by atoms with Crippen molar-refractivity contribution < 1.29 is 4.79 Å². The fourth-order valence-corrected chi connectivity index (χ4v) is 3.77. The molecule has 1 atom stereocenters. The fraction of sp³-hybridized carbons (Fsp3) is 0.174. The van der Waals surface area contributed by atoms with Gasteiger partial charge in [0.2, 0.25) is 0 Å². The van der Waals surface area contributed by atoms with Crippen LogP contribution in [-0.4, -0.2) is 40.2 Å². The van der Waals surface area contributed by atoms with Gasteiger partial charge < -0.3 is 4.90 Å². The maximum Gasteiger partial charge on any atom is 0.273 e. The molecular weight excluding hydrogens is 384 g/mol. The molecule has 1 amide bonds. The largest absolute Gasteiger partial charge is 0.343 e. The van der Waals surface area contributed by atoms with E-state index in [1.165, 1.54) is 4.90 Å². The number of rotatable bonds is 2. The number of hydrogen-bond acceptors (Lipinski definition) is 3. The number of carbonyl (C=O) groups is 1. The number of imidazole rings is 1. The van der Waals surface area contributed by atoms with Gasteiger partial charge in [0.15, 0.2) is 5.69 Å². The summed E-state index contributed by atoms with van der Waals surface area (Å²) in [6, 6.07) is 13.0. The minimum absolute atomic E-state index is 0.163. The van der Waals surface area contributed by atoms with Crippen LogP contribution in [0.3, 0.4) is 0 Å². The third kappa shape index (κ3) is 3.12. The number of hydrogen-bond donors (Lipinski definition) is 0. The maximum atomic E-state index is 12.7. The highest BCUT2D eigenvalue weighted by atomic mass is 35.5. The molecule has 0 aliphatic carbocycles. The molecule has 3 aromatic rings. The first-order chi connectivity index (χ1) is 13.9. The summed E-state index contributed by atoms with van der Waals surface area (Å²) in [6.45, 7) is 1.95. The van der Waals surface area contributed by atoms with E-state index in [0.29, 0.717) is 10.7 Å². The molecule has 1 aromatic heterocycles. The van der Waals surface area contributed by atoms with Crippen LogP contribution in [0.1, 0.15) is 45.8 Å². The molecule has 144 valence electrons. The van der Waals surface area contributed by atoms with E-state index in [4.69, 9.17) is 23.0 Å². The van der Waals surface area contributed by atoms with Gasteiger partial charge in [0.25, 0.3) is 5.91 Å². The van der Waals surface area contributed by atoms with Crippen molar-refractivity contribution in [2.45, 2.75) is 13.0 Å². The van der Waals surface area contributed by atoms with Gasteiger partial charge >= 0.3 is 0 Å². The highest BCUT2D eigenvalue weighted by molar-refractivity contribution is 6.35. The zero-order valence-electron chi connectivity index (χ0n) is 16.3. The van der Waals surface area contributed by atoms with Crippen molar-refractivity contribution in [1.29, 1.82) is 0 Å². The molecule has 0 spiro atoms. The van der Waals surface area contributed by atoms with E-state index in [-0.39, 0.29) is 11.9 Å². The van der Waals surface area contributed by atoms with Crippen LogP contribution in [0.5, 0.6) is 0 Å². The van der Waals surface area contributed by atoms with E-state index in [9.17, 15) is 4.79 Å². The Labute approximate surface area is 174 Å². The molecular formula is C23H19ClN4O. The zero-order valence-corrected chi connectivity index (χ0v) is 17.1. The number of benzene rings is 2. The van der Waals surface area contributed by atoms with Crippen LogP contribution >= 0.6 is 11.6 Å². The smallest absolute Gasteiger partial charge is 0.273 e. The zero-order chi connectivity index (χ0) is 20.7. The first-order valence-electron chi connectivity index (χ1n) is 9.15. The van der Waals surface area contributed by atoms with Crippen molar-refractivity contribution in [3.05, 3.63) is 81.9 Å². The molecule has 0 N–H and O–H groups in total. The first-order valence-corrected chi connectivity index (χ1v) is 9.53. The van der Waals surface area contributed by atoms with E-state index in [2.05, 4.69) is 10.9 Å². The summed E-state index contributed by atoms with van der Waals surface area (Å²) < 4.78 is 1.92. The summed E-state index contributed by atoms with van der Waals surface area (Å²) >= 11 is 6.51. The molecule has 2 heterocycles. The van der Waals surface area contributed by atoms with Crippen molar-refractivity contribution in [3.63, 3.8) is 0 Å². The van der Waals surface area contributed by atoms with Crippen LogP contribution in [0.15, 0.2) is 53.8 Å². The lowest BCUT2D eigenvalue weighted by atomic mass is 9.98. The SMILES string of the molecule is C#Cc1ccc2c(c1)C(c1ccccc1Cl)=N[C@H](C)c1c(C(=O)N(C)C)ncn1-2. The summed E-state index contributed by atoms with van der Waals surface area (Å²) in [5.74, 6) is 2.52. The molecule has 0 fully saturated rings. The summed E-state index contributed by atoms with van der Waals surface area (Å²) in [6.07, 6.45) is 7.32. The quantitative estimate of drug-likeness (QED) is 0.605. The van der Waals surface area contributed by atoms with Crippen molar-refractivity contribution in [2.24, 2.45) is 4.99 Å². The fourth-order valence-electron chi connectivity index (χ4n) is 3.54. The van der Waals surface area contributed by atoms with Gasteiger partial charge in [-0.15, -0.1) is 6.42 Å². The van der Waals surface area contributed by atoms with Crippen molar-refractivity contribution in [3.8, 4) is 18.0 Å². The average molecular weight is 403 g/mol. The van der Waals surface area contributed by atoms with Gasteiger partial charge in [-0.2, -0.15) is 0 Å². The number of aliphatic imine (C=N–C) groups is 1. The van der Waals surface area contributed by atoms with E-state index in [1.54, 1.807) is 20.4 Å². The van der Waals surface area contributed by atoms with Crippen LogP contribution in [0.25, 0.3) is 5.69 Å². The number of nitrogens with zero attached hydrogens (tertiary/aromatic N) is 4. The molecule has 0 bridgehead atoms. The van der Waals surface area contributed by atoms with Crippen LogP contribution in [0.2, 0.25) is 5.02 Å². The number of amides is 1. The molecule has 0 saturated carbocycles. The lowest BCUT2D eigenvalue weighted by Gasteiger charge is -2.14. The molecule has 2 aromatic carbocycles. The second kappa shape index (κ2) is 7.23. The molecule has 5 nitrogen and oxygen atoms in total. The first kappa shape index (κ1) is 19.0. The number of carbonyl (C=O) groups excluding carboxylic acids is 1. The van der Waals surface area contributed by atoms with Gasteiger partial charge in [0, 0.05) is 35.8 Å². The lowest BCUT2D eigenvalue weighted by molar-refractivity contribution is 0.0821.